The van der Waals surface area contributed by atoms with Gasteiger partial charge in [-0.25, -0.2) is 0 Å². The van der Waals surface area contributed by atoms with Gasteiger partial charge in [0, 0.05) is 130 Å². The van der Waals surface area contributed by atoms with Gasteiger partial charge in [-0.3, -0.25) is 53.1 Å². The molecule has 0 radical (unpaired) electrons. The second kappa shape index (κ2) is 27.9. The molecule has 24 heteroatoms. The van der Waals surface area contributed by atoms with Crippen LogP contribution in [0.1, 0.15) is 117 Å². The zero-order valence-corrected chi connectivity index (χ0v) is 46.9. The Kier molecular flexibility index (Phi) is 20.9. The van der Waals surface area contributed by atoms with E-state index in [2.05, 4.69) is 42.5 Å². The van der Waals surface area contributed by atoms with Crippen LogP contribution >= 0.6 is 0 Å². The number of amides is 8. The lowest BCUT2D eigenvalue weighted by molar-refractivity contribution is 0.0736. The maximum atomic E-state index is 14.4. The molecule has 4 aromatic rings. The molecule has 3 aliphatic heterocycles. The van der Waals surface area contributed by atoms with Crippen molar-refractivity contribution in [3.63, 3.8) is 0 Å². The van der Waals surface area contributed by atoms with E-state index in [0.29, 0.717) is 19.5 Å². The first-order chi connectivity index (χ1) is 39.1. The van der Waals surface area contributed by atoms with Crippen LogP contribution in [0, 0.1) is 5.41 Å². The molecule has 0 aromatic heterocycles. The minimum absolute atomic E-state index is 0.0181. The van der Waals surface area contributed by atoms with Gasteiger partial charge in [0.05, 0.1) is 44.5 Å². The number of fused-ring (bicyclic) bond motifs is 20. The molecule has 24 nitrogen and oxygen atoms in total. The van der Waals surface area contributed by atoms with Gasteiger partial charge in [0.2, 0.25) is 0 Å². The second-order valence-electron chi connectivity index (χ2n) is 21.8. The summed E-state index contributed by atoms with van der Waals surface area (Å²) in [6, 6.07) is 17.2. The molecule has 12 N–H and O–H groups in total. The number of phenols is 4. The summed E-state index contributed by atoms with van der Waals surface area (Å²) in [5, 5.41) is 68.8. The summed E-state index contributed by atoms with van der Waals surface area (Å²) in [7, 11) is 0. The third-order valence-corrected chi connectivity index (χ3v) is 15.5. The van der Waals surface area contributed by atoms with Gasteiger partial charge in [-0.15, -0.1) is 0 Å². The van der Waals surface area contributed by atoms with Crippen LogP contribution in [0.4, 0.5) is 0 Å². The number of rotatable bonds is 0. The number of nitrogens with zero attached hydrogens (tertiary/aromatic N) is 4. The smallest absolute Gasteiger partial charge is 0.255 e. The summed E-state index contributed by atoms with van der Waals surface area (Å²) < 4.78 is 0. The Morgan fingerprint density at radius 3 is 0.732 bits per heavy atom. The summed E-state index contributed by atoms with van der Waals surface area (Å²) >= 11 is 0. The molecule has 0 fully saturated rings. The van der Waals surface area contributed by atoms with Gasteiger partial charge in [0.15, 0.2) is 0 Å². The zero-order valence-electron chi connectivity index (χ0n) is 46.9. The van der Waals surface area contributed by atoms with Crippen LogP contribution in [-0.2, 0) is 0 Å². The van der Waals surface area contributed by atoms with E-state index in [4.69, 9.17) is 0 Å². The lowest BCUT2D eigenvalue weighted by Gasteiger charge is -2.44. The normalized spacial score (nSPS) is 23.4. The van der Waals surface area contributed by atoms with E-state index in [1.807, 2.05) is 47.3 Å². The highest BCUT2D eigenvalue weighted by atomic mass is 16.3. The lowest BCUT2D eigenvalue weighted by Crippen LogP contribution is -2.56. The number of nitrogens with one attached hydrogen (secondary N) is 8. The van der Waals surface area contributed by atoms with Gasteiger partial charge in [0.1, 0.15) is 23.0 Å². The largest absolute Gasteiger partial charge is 0.506 e. The number of hydrogen-bond donors (Lipinski definition) is 12. The van der Waals surface area contributed by atoms with Crippen molar-refractivity contribution in [2.75, 3.05) is 124 Å². The molecule has 0 spiro atoms. The molecule has 0 saturated carbocycles. The van der Waals surface area contributed by atoms with Crippen molar-refractivity contribution in [2.45, 2.75) is 39.7 Å². The van der Waals surface area contributed by atoms with Crippen molar-refractivity contribution in [3.8, 4) is 23.0 Å². The Labute approximate surface area is 476 Å². The minimum Gasteiger partial charge on any atom is -0.506 e. The average Bonchev–Trinajstić information content (AvgIpc) is 3.65. The highest BCUT2D eigenvalue weighted by Gasteiger charge is 2.40. The molecular formula is C58H76N12O12. The molecule has 0 saturated heterocycles. The lowest BCUT2D eigenvalue weighted by atomic mass is 9.72. The van der Waals surface area contributed by atoms with Crippen molar-refractivity contribution in [2.24, 2.45) is 5.41 Å². The number of phenolic OH excluding ortho intramolecular Hbond substituents is 4. The number of carbonyl (C=O) groups excluding carboxylic acids is 8. The van der Waals surface area contributed by atoms with E-state index in [1.165, 1.54) is 72.8 Å². The van der Waals surface area contributed by atoms with Crippen LogP contribution in [0.2, 0.25) is 0 Å². The molecule has 12 bridgehead atoms. The molecule has 3 unspecified atom stereocenters. The fourth-order valence-electron chi connectivity index (χ4n) is 9.83. The Morgan fingerprint density at radius 1 is 0.329 bits per heavy atom. The average molecular weight is 1130 g/mol. The first-order valence-electron chi connectivity index (χ1n) is 27.6. The van der Waals surface area contributed by atoms with Crippen LogP contribution in [0.25, 0.3) is 0 Å². The van der Waals surface area contributed by atoms with E-state index < -0.39 is 81.2 Å². The van der Waals surface area contributed by atoms with Crippen molar-refractivity contribution in [1.29, 1.82) is 0 Å². The number of benzene rings is 4. The molecule has 3 heterocycles. The van der Waals surface area contributed by atoms with E-state index in [0.717, 1.165) is 0 Å². The van der Waals surface area contributed by atoms with Crippen LogP contribution in [0.5, 0.6) is 23.0 Å². The summed E-state index contributed by atoms with van der Waals surface area (Å²) in [4.78, 5) is 119. The molecule has 0 aliphatic carbocycles. The van der Waals surface area contributed by atoms with Gasteiger partial charge in [-0.1, -0.05) is 45.0 Å². The van der Waals surface area contributed by atoms with Gasteiger partial charge < -0.3 is 67.9 Å². The van der Waals surface area contributed by atoms with Crippen molar-refractivity contribution < 1.29 is 58.8 Å². The second-order valence-corrected chi connectivity index (χ2v) is 21.8. The SMILES string of the molecule is CC(C)(C)C1(C)CCN2CCNC(=O)c3cccc(c3O)C(=O)NCCN(CCNC(=O)c3cccc(c3O)C(=O)N1)CCN1CCNC(=O)c3cccc(c3O)C(=O)NCCN(CCNC(=O)c3cccc(c3O)C(=O)NCC1)CC2. The van der Waals surface area contributed by atoms with Gasteiger partial charge in [0.25, 0.3) is 47.3 Å². The van der Waals surface area contributed by atoms with Crippen LogP contribution in [0.3, 0.4) is 0 Å². The number of aromatic hydroxyl groups is 4. The first-order valence-corrected chi connectivity index (χ1v) is 27.6. The standard InChI is InChI=1S/C58H76N12O12/c1-57(2,3)58(4)17-25-67-26-18-59-49(75)37-9-5-10-38(45(37)71)52(78)62-23-31-70(32-24-65-55(81)43-15-8-16-44(48(43)74)56(82)66-58)36-35-69-29-21-63-53(79)41-13-6-11-39(46(41)72)50(76)60-19-27-68(34-33-67)28-20-61-51(77)40-12-7-14-42(47(40)73)54(80)64-22-30-69/h5-16,71-74H,17-36H2,1-4H3,(H,59,75)(H,60,76)(H,61,77)(H,62,78)(H,63,79)(H,64,80)(H,65,81)(H,66,82). The topological polar surface area (TPSA) is 327 Å². The van der Waals surface area contributed by atoms with Gasteiger partial charge in [-0.2, -0.15) is 0 Å². The highest BCUT2D eigenvalue weighted by Crippen LogP contribution is 2.35. The van der Waals surface area contributed by atoms with E-state index >= 15 is 0 Å². The van der Waals surface area contributed by atoms with Crippen molar-refractivity contribution in [1.82, 2.24) is 62.1 Å². The Hall–Kier alpha value is -8.32. The fourth-order valence-corrected chi connectivity index (χ4v) is 9.83. The molecule has 8 amide bonds. The third-order valence-electron chi connectivity index (χ3n) is 15.5. The molecule has 4 aromatic carbocycles. The van der Waals surface area contributed by atoms with Crippen LogP contribution in [0.15, 0.2) is 72.8 Å². The summed E-state index contributed by atoms with van der Waals surface area (Å²) in [6.45, 7) is 10.7. The van der Waals surface area contributed by atoms with Crippen LogP contribution in [-0.4, -0.2) is 217 Å². The molecular weight excluding hydrogens is 1060 g/mol. The summed E-state index contributed by atoms with van der Waals surface area (Å²) in [5.74, 6) is -7.21. The monoisotopic (exact) mass is 1130 g/mol. The number of hydrogen-bond acceptors (Lipinski definition) is 16. The van der Waals surface area contributed by atoms with Gasteiger partial charge >= 0.3 is 0 Å². The molecule has 440 valence electrons. The Morgan fingerprint density at radius 2 is 0.524 bits per heavy atom. The maximum Gasteiger partial charge on any atom is 0.255 e. The van der Waals surface area contributed by atoms with Crippen molar-refractivity contribution >= 4 is 47.3 Å². The first kappa shape index (κ1) is 61.3. The summed E-state index contributed by atoms with van der Waals surface area (Å²) in [6.07, 6.45) is 0.316. The Balaban J connectivity index is 1.33. The Bertz CT molecular complexity index is 2930. The number of para-hydroxylation sites is 4. The molecule has 3 atom stereocenters. The zero-order chi connectivity index (χ0) is 59.1. The maximum absolute atomic E-state index is 14.4. The minimum atomic E-state index is -0.977. The molecule has 7 rings (SSSR count). The van der Waals surface area contributed by atoms with Crippen molar-refractivity contribution in [3.05, 3.63) is 117 Å². The van der Waals surface area contributed by atoms with E-state index in [-0.39, 0.29) is 156 Å². The van der Waals surface area contributed by atoms with E-state index in [1.54, 1.807) is 0 Å². The molecule has 82 heavy (non-hydrogen) atoms. The van der Waals surface area contributed by atoms with Crippen LogP contribution < -0.4 is 42.5 Å². The molecule has 3 aliphatic rings. The predicted molar refractivity (Wildman–Crippen MR) is 304 cm³/mol. The quantitative estimate of drug-likeness (QED) is 0.116. The summed E-state index contributed by atoms with van der Waals surface area (Å²) in [5.41, 5.74) is -2.62. The van der Waals surface area contributed by atoms with E-state index in [9.17, 15) is 58.8 Å². The highest BCUT2D eigenvalue weighted by molar-refractivity contribution is 6.06. The predicted octanol–water partition coefficient (Wildman–Crippen LogP) is 0.892. The fraction of sp³-hybridized carbons (Fsp3) is 0.448. The van der Waals surface area contributed by atoms with Gasteiger partial charge in [-0.05, 0) is 67.3 Å². The number of carbonyl (C=O) groups is 8. The third kappa shape index (κ3) is 15.6.